The normalized spacial score (nSPS) is 17.3. The second-order valence-corrected chi connectivity index (χ2v) is 6.46. The maximum atomic E-state index is 11.7. The van der Waals surface area contributed by atoms with Gasteiger partial charge < -0.3 is 11.1 Å². The number of amides is 1. The Morgan fingerprint density at radius 3 is 3.11 bits per heavy atom. The van der Waals surface area contributed by atoms with Crippen molar-refractivity contribution in [2.45, 2.75) is 32.9 Å². The molecule has 1 aliphatic heterocycles. The van der Waals surface area contributed by atoms with Crippen molar-refractivity contribution >= 4 is 17.2 Å². The first kappa shape index (κ1) is 14.5. The molecule has 0 aliphatic carbocycles. The average Bonchev–Trinajstić information content (AvgIpc) is 2.84. The molecule has 1 aromatic rings. The summed E-state index contributed by atoms with van der Waals surface area (Å²) in [6, 6.07) is 1.81. The minimum Gasteiger partial charge on any atom is -0.353 e. The number of carbonyl (C=O) groups is 1. The van der Waals surface area contributed by atoms with Crippen LogP contribution >= 0.6 is 11.3 Å². The average molecular weight is 281 g/mol. The van der Waals surface area contributed by atoms with Gasteiger partial charge in [-0.1, -0.05) is 13.8 Å². The molecule has 1 aromatic heterocycles. The van der Waals surface area contributed by atoms with Crippen molar-refractivity contribution in [2.75, 3.05) is 19.6 Å². The van der Waals surface area contributed by atoms with Gasteiger partial charge in [0.05, 0.1) is 6.04 Å². The first-order chi connectivity index (χ1) is 9.08. The van der Waals surface area contributed by atoms with Crippen molar-refractivity contribution < 1.29 is 4.79 Å². The van der Waals surface area contributed by atoms with Crippen molar-refractivity contribution in [1.82, 2.24) is 10.2 Å². The van der Waals surface area contributed by atoms with Crippen molar-refractivity contribution in [2.24, 2.45) is 11.7 Å². The number of thiophene rings is 1. The summed E-state index contributed by atoms with van der Waals surface area (Å²) in [5.41, 5.74) is 7.25. The van der Waals surface area contributed by atoms with Gasteiger partial charge in [-0.25, -0.2) is 0 Å². The quantitative estimate of drug-likeness (QED) is 0.853. The summed E-state index contributed by atoms with van der Waals surface area (Å²) < 4.78 is 0. The standard InChI is InChI=1S/C14H23N3OS/c1-10(2)13(15)14(18)16-5-7-17-6-3-12-11(9-17)4-8-19-12/h4,8,10,13H,3,5-7,9,15H2,1-2H3,(H,16,18)/t13-/m0/s1. The zero-order valence-corrected chi connectivity index (χ0v) is 12.5. The minimum atomic E-state index is -0.398. The molecule has 106 valence electrons. The third-order valence-corrected chi connectivity index (χ3v) is 4.66. The van der Waals surface area contributed by atoms with Crippen LogP contribution in [0.5, 0.6) is 0 Å². The third kappa shape index (κ3) is 3.78. The van der Waals surface area contributed by atoms with Crippen LogP contribution in [-0.4, -0.2) is 36.5 Å². The Kier molecular flexibility index (Phi) is 4.96. The van der Waals surface area contributed by atoms with Gasteiger partial charge in [0.2, 0.25) is 5.91 Å². The molecule has 1 amide bonds. The lowest BCUT2D eigenvalue weighted by Gasteiger charge is -2.27. The zero-order chi connectivity index (χ0) is 13.8. The maximum absolute atomic E-state index is 11.7. The summed E-state index contributed by atoms with van der Waals surface area (Å²) in [6.07, 6.45) is 1.13. The molecule has 0 unspecified atom stereocenters. The molecule has 0 saturated heterocycles. The molecule has 0 radical (unpaired) electrons. The van der Waals surface area contributed by atoms with Crippen molar-refractivity contribution in [3.05, 3.63) is 21.9 Å². The second-order valence-electron chi connectivity index (χ2n) is 5.46. The Morgan fingerprint density at radius 2 is 2.37 bits per heavy atom. The molecule has 2 heterocycles. The summed E-state index contributed by atoms with van der Waals surface area (Å²) in [7, 11) is 0. The molecular formula is C14H23N3OS. The Bertz CT molecular complexity index is 430. The molecule has 3 N–H and O–H groups in total. The van der Waals surface area contributed by atoms with Crippen molar-refractivity contribution in [3.8, 4) is 0 Å². The lowest BCUT2D eigenvalue weighted by Crippen LogP contribution is -2.46. The van der Waals surface area contributed by atoms with Gasteiger partial charge in [-0.3, -0.25) is 9.69 Å². The van der Waals surface area contributed by atoms with Gasteiger partial charge in [0.1, 0.15) is 0 Å². The number of hydrogen-bond donors (Lipinski definition) is 2. The molecule has 0 spiro atoms. The molecule has 5 heteroatoms. The Morgan fingerprint density at radius 1 is 1.58 bits per heavy atom. The van der Waals surface area contributed by atoms with E-state index in [2.05, 4.69) is 21.7 Å². The van der Waals surface area contributed by atoms with Gasteiger partial charge in [0, 0.05) is 31.1 Å². The van der Waals surface area contributed by atoms with Gasteiger partial charge in [-0.05, 0) is 29.3 Å². The fraction of sp³-hybridized carbons (Fsp3) is 0.643. The van der Waals surface area contributed by atoms with E-state index >= 15 is 0 Å². The molecule has 2 rings (SSSR count). The smallest absolute Gasteiger partial charge is 0.237 e. The van der Waals surface area contributed by atoms with E-state index in [4.69, 9.17) is 5.73 Å². The van der Waals surface area contributed by atoms with Gasteiger partial charge in [0.15, 0.2) is 0 Å². The Balaban J connectivity index is 1.71. The van der Waals surface area contributed by atoms with E-state index in [9.17, 15) is 4.79 Å². The summed E-state index contributed by atoms with van der Waals surface area (Å²) in [6.45, 7) is 7.59. The van der Waals surface area contributed by atoms with Crippen LogP contribution in [-0.2, 0) is 17.8 Å². The number of hydrogen-bond acceptors (Lipinski definition) is 4. The highest BCUT2D eigenvalue weighted by Crippen LogP contribution is 2.23. The van der Waals surface area contributed by atoms with E-state index < -0.39 is 6.04 Å². The lowest BCUT2D eigenvalue weighted by atomic mass is 10.1. The van der Waals surface area contributed by atoms with Crippen molar-refractivity contribution in [3.63, 3.8) is 0 Å². The molecule has 0 bridgehead atoms. The van der Waals surface area contributed by atoms with E-state index in [1.54, 1.807) is 0 Å². The van der Waals surface area contributed by atoms with Crippen LogP contribution in [0.25, 0.3) is 0 Å². The highest BCUT2D eigenvalue weighted by atomic mass is 32.1. The highest BCUT2D eigenvalue weighted by molar-refractivity contribution is 7.10. The third-order valence-electron chi connectivity index (χ3n) is 3.63. The van der Waals surface area contributed by atoms with Crippen LogP contribution in [0.2, 0.25) is 0 Å². The molecule has 1 atom stereocenters. The predicted octanol–water partition coefficient (Wildman–Crippen LogP) is 1.21. The molecule has 4 nitrogen and oxygen atoms in total. The molecule has 0 aromatic carbocycles. The fourth-order valence-electron chi connectivity index (χ4n) is 2.26. The van der Waals surface area contributed by atoms with Crippen LogP contribution in [0.1, 0.15) is 24.3 Å². The summed E-state index contributed by atoms with van der Waals surface area (Å²) in [5, 5.41) is 5.09. The number of rotatable bonds is 5. The first-order valence-electron chi connectivity index (χ1n) is 6.89. The zero-order valence-electron chi connectivity index (χ0n) is 11.7. The number of fused-ring (bicyclic) bond motifs is 1. The SMILES string of the molecule is CC(C)[C@H](N)C(=O)NCCN1CCc2sccc2C1. The summed E-state index contributed by atoms with van der Waals surface area (Å²) >= 11 is 1.85. The number of nitrogens with one attached hydrogen (secondary N) is 1. The number of carbonyl (C=O) groups excluding carboxylic acids is 1. The second kappa shape index (κ2) is 6.50. The van der Waals surface area contributed by atoms with Gasteiger partial charge >= 0.3 is 0 Å². The lowest BCUT2D eigenvalue weighted by molar-refractivity contribution is -0.123. The van der Waals surface area contributed by atoms with E-state index in [-0.39, 0.29) is 11.8 Å². The summed E-state index contributed by atoms with van der Waals surface area (Å²) in [4.78, 5) is 15.6. The fourth-order valence-corrected chi connectivity index (χ4v) is 3.15. The molecular weight excluding hydrogens is 258 g/mol. The number of nitrogens with two attached hydrogens (primary N) is 1. The highest BCUT2D eigenvalue weighted by Gasteiger charge is 2.19. The molecule has 0 saturated carbocycles. The largest absolute Gasteiger partial charge is 0.353 e. The van der Waals surface area contributed by atoms with Gasteiger partial charge in [-0.2, -0.15) is 0 Å². The minimum absolute atomic E-state index is 0.0387. The predicted molar refractivity (Wildman–Crippen MR) is 79.1 cm³/mol. The summed E-state index contributed by atoms with van der Waals surface area (Å²) in [5.74, 6) is 0.145. The van der Waals surface area contributed by atoms with E-state index in [1.807, 2.05) is 25.2 Å². The monoisotopic (exact) mass is 281 g/mol. The van der Waals surface area contributed by atoms with Crippen LogP contribution in [0.15, 0.2) is 11.4 Å². The van der Waals surface area contributed by atoms with E-state index in [0.29, 0.717) is 6.54 Å². The van der Waals surface area contributed by atoms with Gasteiger partial charge in [0.25, 0.3) is 0 Å². The Labute approximate surface area is 119 Å². The number of nitrogens with zero attached hydrogens (tertiary/aromatic N) is 1. The van der Waals surface area contributed by atoms with E-state index in [1.165, 1.54) is 10.4 Å². The topological polar surface area (TPSA) is 58.4 Å². The van der Waals surface area contributed by atoms with Crippen LogP contribution in [0.3, 0.4) is 0 Å². The van der Waals surface area contributed by atoms with Crippen molar-refractivity contribution in [1.29, 1.82) is 0 Å². The molecule has 0 fully saturated rings. The first-order valence-corrected chi connectivity index (χ1v) is 7.76. The van der Waals surface area contributed by atoms with Gasteiger partial charge in [-0.15, -0.1) is 11.3 Å². The van der Waals surface area contributed by atoms with Crippen LogP contribution in [0, 0.1) is 5.92 Å². The van der Waals surface area contributed by atoms with Crippen LogP contribution < -0.4 is 11.1 Å². The molecule has 19 heavy (non-hydrogen) atoms. The Hall–Kier alpha value is -0.910. The molecule has 1 aliphatic rings. The van der Waals surface area contributed by atoms with Crippen LogP contribution in [0.4, 0.5) is 0 Å². The maximum Gasteiger partial charge on any atom is 0.237 e. The van der Waals surface area contributed by atoms with E-state index in [0.717, 1.165) is 26.1 Å².